The molecule has 0 spiro atoms. The molecular weight excluding hydrogens is 384 g/mol. The molecule has 2 heterocycles. The number of aryl methyl sites for hydroxylation is 1. The van der Waals surface area contributed by atoms with Gasteiger partial charge in [0.25, 0.3) is 0 Å². The largest absolute Gasteiger partial charge is 0.334 e. The summed E-state index contributed by atoms with van der Waals surface area (Å²) >= 11 is 0. The van der Waals surface area contributed by atoms with Crippen LogP contribution in [-0.4, -0.2) is 35.0 Å². The first kappa shape index (κ1) is 19.5. The predicted molar refractivity (Wildman–Crippen MR) is 126 cm³/mol. The van der Waals surface area contributed by atoms with Crippen LogP contribution in [0.25, 0.3) is 21.7 Å². The number of pyridine rings is 1. The van der Waals surface area contributed by atoms with Crippen LogP contribution < -0.4 is 10.6 Å². The number of fused-ring (bicyclic) bond motifs is 2. The summed E-state index contributed by atoms with van der Waals surface area (Å²) in [7, 11) is 0. The molecule has 1 aliphatic rings. The molecule has 3 aromatic carbocycles. The first-order valence-corrected chi connectivity index (χ1v) is 10.8. The molecule has 2 amide bonds. The Kier molecular flexibility index (Phi) is 5.26. The minimum absolute atomic E-state index is 0.148. The fraction of sp³-hybridized carbons (Fsp3) is 0.231. The summed E-state index contributed by atoms with van der Waals surface area (Å²) in [6.45, 7) is 4.68. The number of anilines is 1. The number of likely N-dealkylation sites (tertiary alicyclic amines) is 1. The van der Waals surface area contributed by atoms with E-state index in [1.165, 1.54) is 16.3 Å². The topological polar surface area (TPSA) is 57.3 Å². The van der Waals surface area contributed by atoms with E-state index in [2.05, 4.69) is 63.0 Å². The van der Waals surface area contributed by atoms with E-state index in [9.17, 15) is 4.79 Å². The smallest absolute Gasteiger partial charge is 0.319 e. The third-order valence-electron chi connectivity index (χ3n) is 5.92. The normalized spacial score (nSPS) is 16.6. The second kappa shape index (κ2) is 8.36. The van der Waals surface area contributed by atoms with Gasteiger partial charge < -0.3 is 10.6 Å². The van der Waals surface area contributed by atoms with Crippen LogP contribution in [0.2, 0.25) is 0 Å². The molecule has 0 saturated carbocycles. The maximum atomic E-state index is 12.7. The van der Waals surface area contributed by atoms with Gasteiger partial charge in [0.15, 0.2) is 0 Å². The average Bonchev–Trinajstić information content (AvgIpc) is 3.20. The van der Waals surface area contributed by atoms with Crippen molar-refractivity contribution in [2.24, 2.45) is 0 Å². The average molecular weight is 411 g/mol. The molecule has 1 aromatic heterocycles. The van der Waals surface area contributed by atoms with Crippen LogP contribution in [0.1, 0.15) is 17.7 Å². The Morgan fingerprint density at radius 3 is 2.74 bits per heavy atom. The van der Waals surface area contributed by atoms with Gasteiger partial charge in [0.05, 0.1) is 11.2 Å². The number of aromatic nitrogens is 1. The molecule has 5 nitrogen and oxygen atoms in total. The number of carbonyl (C=O) groups is 1. The third kappa shape index (κ3) is 4.37. The highest BCUT2D eigenvalue weighted by Gasteiger charge is 2.24. The van der Waals surface area contributed by atoms with Gasteiger partial charge in [-0.05, 0) is 47.9 Å². The zero-order chi connectivity index (χ0) is 21.2. The zero-order valence-corrected chi connectivity index (χ0v) is 17.6. The van der Waals surface area contributed by atoms with Gasteiger partial charge in [-0.15, -0.1) is 0 Å². The highest BCUT2D eigenvalue weighted by atomic mass is 16.2. The van der Waals surface area contributed by atoms with Crippen molar-refractivity contribution in [2.45, 2.75) is 25.9 Å². The molecule has 1 aliphatic heterocycles. The van der Waals surface area contributed by atoms with Crippen LogP contribution in [0.5, 0.6) is 0 Å². The molecule has 5 rings (SSSR count). The number of para-hydroxylation sites is 1. The zero-order valence-electron chi connectivity index (χ0n) is 17.6. The molecule has 31 heavy (non-hydrogen) atoms. The lowest BCUT2D eigenvalue weighted by Crippen LogP contribution is -2.39. The highest BCUT2D eigenvalue weighted by Crippen LogP contribution is 2.23. The van der Waals surface area contributed by atoms with Gasteiger partial charge in [0.2, 0.25) is 0 Å². The lowest BCUT2D eigenvalue weighted by molar-refractivity contribution is 0.247. The lowest BCUT2D eigenvalue weighted by atomic mass is 10.1. The monoisotopic (exact) mass is 410 g/mol. The summed E-state index contributed by atoms with van der Waals surface area (Å²) < 4.78 is 0. The van der Waals surface area contributed by atoms with Crippen molar-refractivity contribution in [3.05, 3.63) is 84.1 Å². The van der Waals surface area contributed by atoms with E-state index in [0.717, 1.165) is 48.3 Å². The van der Waals surface area contributed by atoms with E-state index in [4.69, 9.17) is 0 Å². The Labute approximate surface area is 182 Å². The van der Waals surface area contributed by atoms with E-state index in [0.29, 0.717) is 0 Å². The summed E-state index contributed by atoms with van der Waals surface area (Å²) in [6.07, 6.45) is 0.955. The van der Waals surface area contributed by atoms with Crippen LogP contribution in [-0.2, 0) is 6.54 Å². The van der Waals surface area contributed by atoms with Crippen LogP contribution in [0.3, 0.4) is 0 Å². The van der Waals surface area contributed by atoms with Crippen molar-refractivity contribution in [2.75, 3.05) is 18.4 Å². The number of hydrogen-bond donors (Lipinski definition) is 2. The SMILES string of the molecule is Cc1cc(NC(=O)NC2CCN(Cc3ccc4ccccc4c3)C2)c2ccccc2n1. The standard InChI is InChI=1S/C26H26N4O/c1-18-14-25(23-8-4-5-9-24(23)27-18)29-26(31)28-22-12-13-30(17-22)16-19-10-11-20-6-2-3-7-21(20)15-19/h2-11,14-15,22H,12-13,16-17H2,1H3,(H2,27,28,29,31). The Bertz CT molecular complexity index is 1250. The third-order valence-corrected chi connectivity index (χ3v) is 5.92. The van der Waals surface area contributed by atoms with Gasteiger partial charge in [0.1, 0.15) is 0 Å². The summed E-state index contributed by atoms with van der Waals surface area (Å²) in [6, 6.07) is 24.9. The van der Waals surface area contributed by atoms with Crippen LogP contribution >= 0.6 is 0 Å². The molecule has 1 saturated heterocycles. The number of nitrogens with one attached hydrogen (secondary N) is 2. The molecule has 1 fully saturated rings. The van der Waals surface area contributed by atoms with E-state index in [-0.39, 0.29) is 12.1 Å². The number of hydrogen-bond acceptors (Lipinski definition) is 3. The van der Waals surface area contributed by atoms with E-state index in [1.807, 2.05) is 37.3 Å². The summed E-state index contributed by atoms with van der Waals surface area (Å²) in [5, 5.41) is 9.66. The fourth-order valence-electron chi connectivity index (χ4n) is 4.44. The lowest BCUT2D eigenvalue weighted by Gasteiger charge is -2.18. The highest BCUT2D eigenvalue weighted by molar-refractivity contribution is 6.00. The van der Waals surface area contributed by atoms with Crippen LogP contribution in [0.15, 0.2) is 72.8 Å². The molecule has 4 aromatic rings. The van der Waals surface area contributed by atoms with Gasteiger partial charge in [-0.3, -0.25) is 9.88 Å². The Hall–Kier alpha value is -3.44. The number of amides is 2. The Balaban J connectivity index is 1.20. The van der Waals surface area contributed by atoms with Gasteiger partial charge in [-0.1, -0.05) is 54.6 Å². The van der Waals surface area contributed by atoms with Crippen molar-refractivity contribution in [1.29, 1.82) is 0 Å². The Morgan fingerprint density at radius 1 is 1.03 bits per heavy atom. The minimum atomic E-state index is -0.159. The molecule has 2 N–H and O–H groups in total. The molecule has 156 valence electrons. The maximum absolute atomic E-state index is 12.7. The molecule has 1 atom stereocenters. The second-order valence-corrected chi connectivity index (χ2v) is 8.33. The first-order chi connectivity index (χ1) is 15.1. The van der Waals surface area contributed by atoms with E-state index < -0.39 is 0 Å². The van der Waals surface area contributed by atoms with Crippen molar-refractivity contribution in [3.63, 3.8) is 0 Å². The van der Waals surface area contributed by atoms with Gasteiger partial charge in [-0.2, -0.15) is 0 Å². The second-order valence-electron chi connectivity index (χ2n) is 8.33. The number of nitrogens with zero attached hydrogens (tertiary/aromatic N) is 2. The molecule has 5 heteroatoms. The number of rotatable bonds is 4. The van der Waals surface area contributed by atoms with E-state index in [1.54, 1.807) is 0 Å². The van der Waals surface area contributed by atoms with Crippen LogP contribution in [0, 0.1) is 6.92 Å². The fourth-order valence-corrected chi connectivity index (χ4v) is 4.44. The quantitative estimate of drug-likeness (QED) is 0.493. The molecule has 0 bridgehead atoms. The molecule has 0 aliphatic carbocycles. The van der Waals surface area contributed by atoms with Crippen LogP contribution in [0.4, 0.5) is 10.5 Å². The molecule has 0 radical (unpaired) electrons. The maximum Gasteiger partial charge on any atom is 0.319 e. The van der Waals surface area contributed by atoms with E-state index >= 15 is 0 Å². The predicted octanol–water partition coefficient (Wildman–Crippen LogP) is 5.09. The van der Waals surface area contributed by atoms with Crippen molar-refractivity contribution in [3.8, 4) is 0 Å². The molecular formula is C26H26N4O. The van der Waals surface area contributed by atoms with Crippen molar-refractivity contribution >= 4 is 33.4 Å². The van der Waals surface area contributed by atoms with Gasteiger partial charge in [-0.25, -0.2) is 4.79 Å². The summed E-state index contributed by atoms with van der Waals surface area (Å²) in [4.78, 5) is 19.6. The number of urea groups is 1. The first-order valence-electron chi connectivity index (χ1n) is 10.8. The number of carbonyl (C=O) groups excluding carboxylic acids is 1. The Morgan fingerprint density at radius 2 is 1.84 bits per heavy atom. The minimum Gasteiger partial charge on any atom is -0.334 e. The summed E-state index contributed by atoms with van der Waals surface area (Å²) in [5.74, 6) is 0. The van der Waals surface area contributed by atoms with Crippen molar-refractivity contribution < 1.29 is 4.79 Å². The number of benzene rings is 3. The van der Waals surface area contributed by atoms with Gasteiger partial charge in [0, 0.05) is 36.8 Å². The van der Waals surface area contributed by atoms with Crippen molar-refractivity contribution in [1.82, 2.24) is 15.2 Å². The van der Waals surface area contributed by atoms with Gasteiger partial charge >= 0.3 is 6.03 Å². The molecule has 1 unspecified atom stereocenters. The summed E-state index contributed by atoms with van der Waals surface area (Å²) in [5.41, 5.74) is 3.88.